The third-order valence-electron chi connectivity index (χ3n) is 3.04. The fourth-order valence-corrected chi connectivity index (χ4v) is 2.40. The first-order valence-corrected chi connectivity index (χ1v) is 5.54. The average Bonchev–Trinajstić information content (AvgIpc) is 2.48. The van der Waals surface area contributed by atoms with Crippen LogP contribution in [0.5, 0.6) is 0 Å². The number of nitrogen functional groups attached to an aromatic ring is 1. The van der Waals surface area contributed by atoms with Gasteiger partial charge in [0.1, 0.15) is 10.8 Å². The molecule has 1 aliphatic carbocycles. The zero-order valence-corrected chi connectivity index (χ0v) is 9.17. The topological polar surface area (TPSA) is 43.8 Å². The van der Waals surface area contributed by atoms with Gasteiger partial charge in [-0.05, 0) is 18.8 Å². The van der Waals surface area contributed by atoms with Gasteiger partial charge in [-0.3, -0.25) is 0 Å². The van der Waals surface area contributed by atoms with Gasteiger partial charge in [-0.15, -0.1) is 0 Å². The van der Waals surface area contributed by atoms with Crippen molar-refractivity contribution in [2.24, 2.45) is 5.92 Å². The number of aromatic nitrogens is 2. The Kier molecular flexibility index (Phi) is 2.68. The molecule has 0 saturated heterocycles. The number of hydrogen-bond donors (Lipinski definition) is 1. The molecule has 4 heteroatoms. The van der Waals surface area contributed by atoms with Gasteiger partial charge >= 0.3 is 0 Å². The fourth-order valence-electron chi connectivity index (χ4n) is 2.27. The molecule has 2 rings (SSSR count). The molecule has 1 aromatic heterocycles. The summed E-state index contributed by atoms with van der Waals surface area (Å²) in [7, 11) is 0. The summed E-state index contributed by atoms with van der Waals surface area (Å²) in [5.74, 6) is 1.39. The predicted molar refractivity (Wildman–Crippen MR) is 58.3 cm³/mol. The lowest BCUT2D eigenvalue weighted by Crippen LogP contribution is -2.19. The minimum atomic E-state index is 0.450. The molecule has 0 spiro atoms. The highest BCUT2D eigenvalue weighted by atomic mass is 35.5. The monoisotopic (exact) mass is 213 g/mol. The molecule has 78 valence electrons. The van der Waals surface area contributed by atoms with Crippen LogP contribution in [0, 0.1) is 5.92 Å². The van der Waals surface area contributed by atoms with E-state index < -0.39 is 0 Å². The van der Waals surface area contributed by atoms with Crippen molar-refractivity contribution in [3.8, 4) is 0 Å². The van der Waals surface area contributed by atoms with Crippen LogP contribution in [0.2, 0.25) is 5.02 Å². The predicted octanol–water partition coefficient (Wildman–Crippen LogP) is 2.87. The minimum absolute atomic E-state index is 0.450. The summed E-state index contributed by atoms with van der Waals surface area (Å²) in [6.45, 7) is 2.29. The Labute approximate surface area is 89.2 Å². The number of anilines is 1. The summed E-state index contributed by atoms with van der Waals surface area (Å²) >= 11 is 5.88. The van der Waals surface area contributed by atoms with Crippen LogP contribution in [0.4, 0.5) is 5.82 Å². The summed E-state index contributed by atoms with van der Waals surface area (Å²) in [6.07, 6.45) is 6.57. The summed E-state index contributed by atoms with van der Waals surface area (Å²) in [5, 5.41) is 4.81. The third-order valence-corrected chi connectivity index (χ3v) is 3.33. The summed E-state index contributed by atoms with van der Waals surface area (Å²) in [4.78, 5) is 0. The van der Waals surface area contributed by atoms with Gasteiger partial charge in [0.15, 0.2) is 0 Å². The number of nitrogens with zero attached hydrogens (tertiary/aromatic N) is 2. The quantitative estimate of drug-likeness (QED) is 0.780. The molecular weight excluding hydrogens is 198 g/mol. The number of halogens is 1. The molecule has 2 N–H and O–H groups in total. The van der Waals surface area contributed by atoms with Crippen molar-refractivity contribution in [2.75, 3.05) is 5.73 Å². The van der Waals surface area contributed by atoms with Gasteiger partial charge in [-0.2, -0.15) is 5.10 Å². The second-order valence-corrected chi connectivity index (χ2v) is 4.66. The molecule has 2 unspecified atom stereocenters. The number of hydrogen-bond acceptors (Lipinski definition) is 2. The summed E-state index contributed by atoms with van der Waals surface area (Å²) < 4.78 is 1.89. The molecule has 0 amide bonds. The van der Waals surface area contributed by atoms with Gasteiger partial charge in [-0.1, -0.05) is 31.4 Å². The van der Waals surface area contributed by atoms with Crippen molar-refractivity contribution in [1.82, 2.24) is 9.78 Å². The molecule has 0 aliphatic heterocycles. The smallest absolute Gasteiger partial charge is 0.140 e. The second-order valence-electron chi connectivity index (χ2n) is 4.25. The van der Waals surface area contributed by atoms with E-state index in [1.807, 2.05) is 4.68 Å². The molecule has 3 nitrogen and oxygen atoms in total. The van der Waals surface area contributed by atoms with Crippen LogP contribution >= 0.6 is 11.6 Å². The molecule has 0 radical (unpaired) electrons. The van der Waals surface area contributed by atoms with E-state index in [9.17, 15) is 0 Å². The van der Waals surface area contributed by atoms with Crippen LogP contribution in [0.3, 0.4) is 0 Å². The molecule has 1 aliphatic rings. The largest absolute Gasteiger partial charge is 0.383 e. The molecule has 0 aromatic carbocycles. The van der Waals surface area contributed by atoms with Crippen molar-refractivity contribution < 1.29 is 0 Å². The van der Waals surface area contributed by atoms with Crippen LogP contribution in [-0.2, 0) is 0 Å². The highest BCUT2D eigenvalue weighted by Gasteiger charge is 2.22. The highest BCUT2D eigenvalue weighted by Crippen LogP contribution is 2.34. The van der Waals surface area contributed by atoms with Gasteiger partial charge in [0.2, 0.25) is 0 Å². The zero-order chi connectivity index (χ0) is 10.1. The Morgan fingerprint density at radius 2 is 2.36 bits per heavy atom. The SMILES string of the molecule is CC1CCCC(n2ncc(Cl)c2N)C1. The van der Waals surface area contributed by atoms with Crippen molar-refractivity contribution in [2.45, 2.75) is 38.6 Å². The average molecular weight is 214 g/mol. The van der Waals surface area contributed by atoms with Crippen LogP contribution < -0.4 is 5.73 Å². The molecule has 14 heavy (non-hydrogen) atoms. The van der Waals surface area contributed by atoms with Gasteiger partial charge in [-0.25, -0.2) is 4.68 Å². The van der Waals surface area contributed by atoms with Crippen molar-refractivity contribution in [1.29, 1.82) is 0 Å². The Balaban J connectivity index is 2.18. The molecule has 1 fully saturated rings. The Bertz CT molecular complexity index is 321. The lowest BCUT2D eigenvalue weighted by atomic mass is 9.87. The highest BCUT2D eigenvalue weighted by molar-refractivity contribution is 6.32. The van der Waals surface area contributed by atoms with E-state index in [0.29, 0.717) is 16.9 Å². The molecular formula is C10H16ClN3. The van der Waals surface area contributed by atoms with Crippen LogP contribution in [0.25, 0.3) is 0 Å². The number of nitrogens with two attached hydrogens (primary N) is 1. The van der Waals surface area contributed by atoms with E-state index in [4.69, 9.17) is 17.3 Å². The maximum atomic E-state index is 5.88. The van der Waals surface area contributed by atoms with Gasteiger partial charge in [0.25, 0.3) is 0 Å². The third kappa shape index (κ3) is 1.73. The van der Waals surface area contributed by atoms with E-state index in [1.165, 1.54) is 25.7 Å². The van der Waals surface area contributed by atoms with Crippen LogP contribution in [0.1, 0.15) is 38.6 Å². The van der Waals surface area contributed by atoms with Crippen molar-refractivity contribution in [3.63, 3.8) is 0 Å². The minimum Gasteiger partial charge on any atom is -0.383 e. The maximum Gasteiger partial charge on any atom is 0.140 e. The van der Waals surface area contributed by atoms with Gasteiger partial charge < -0.3 is 5.73 Å². The van der Waals surface area contributed by atoms with E-state index in [0.717, 1.165) is 5.92 Å². The maximum absolute atomic E-state index is 5.88. The van der Waals surface area contributed by atoms with Crippen LogP contribution in [0.15, 0.2) is 6.20 Å². The molecule has 0 bridgehead atoms. The van der Waals surface area contributed by atoms with Crippen molar-refractivity contribution in [3.05, 3.63) is 11.2 Å². The second kappa shape index (κ2) is 3.81. The van der Waals surface area contributed by atoms with Crippen molar-refractivity contribution >= 4 is 17.4 Å². The van der Waals surface area contributed by atoms with E-state index >= 15 is 0 Å². The Morgan fingerprint density at radius 1 is 1.57 bits per heavy atom. The molecule has 1 heterocycles. The van der Waals surface area contributed by atoms with E-state index in [1.54, 1.807) is 6.20 Å². The van der Waals surface area contributed by atoms with E-state index in [-0.39, 0.29) is 0 Å². The fraction of sp³-hybridized carbons (Fsp3) is 0.700. The van der Waals surface area contributed by atoms with E-state index in [2.05, 4.69) is 12.0 Å². The lowest BCUT2D eigenvalue weighted by Gasteiger charge is -2.27. The zero-order valence-electron chi connectivity index (χ0n) is 8.41. The number of rotatable bonds is 1. The van der Waals surface area contributed by atoms with Gasteiger partial charge in [0.05, 0.1) is 12.2 Å². The van der Waals surface area contributed by atoms with Gasteiger partial charge in [0, 0.05) is 0 Å². The lowest BCUT2D eigenvalue weighted by molar-refractivity contribution is 0.269. The summed E-state index contributed by atoms with van der Waals surface area (Å²) in [6, 6.07) is 0.450. The Hall–Kier alpha value is -0.700. The first-order valence-electron chi connectivity index (χ1n) is 5.17. The van der Waals surface area contributed by atoms with Crippen LogP contribution in [-0.4, -0.2) is 9.78 Å². The standard InChI is InChI=1S/C10H16ClN3/c1-7-3-2-4-8(5-7)14-10(12)9(11)6-13-14/h6-8H,2-5,12H2,1H3. The Morgan fingerprint density at radius 3 is 2.93 bits per heavy atom. The molecule has 1 saturated carbocycles. The summed E-state index contributed by atoms with van der Waals surface area (Å²) in [5.41, 5.74) is 5.85. The molecule has 2 atom stereocenters. The first-order chi connectivity index (χ1) is 6.68. The molecule has 1 aromatic rings. The normalized spacial score (nSPS) is 27.9. The first kappa shape index (κ1) is 9.84.